The highest BCUT2D eigenvalue weighted by Gasteiger charge is 2.06. The van der Waals surface area contributed by atoms with Gasteiger partial charge in [-0.15, -0.1) is 10.2 Å². The molecule has 2 aromatic rings. The van der Waals surface area contributed by atoms with Crippen LogP contribution in [-0.2, 0) is 4.79 Å². The molecule has 118 valence electrons. The van der Waals surface area contributed by atoms with Gasteiger partial charge >= 0.3 is 0 Å². The second-order valence-electron chi connectivity index (χ2n) is 5.42. The van der Waals surface area contributed by atoms with Crippen LogP contribution < -0.4 is 10.1 Å². The molecule has 0 atom stereocenters. The van der Waals surface area contributed by atoms with Crippen LogP contribution in [0.2, 0.25) is 0 Å². The molecule has 2 rings (SSSR count). The van der Waals surface area contributed by atoms with Crippen LogP contribution in [0, 0.1) is 6.92 Å². The number of carbonyl (C=O) groups is 1. The van der Waals surface area contributed by atoms with Gasteiger partial charge in [-0.2, -0.15) is 0 Å². The van der Waals surface area contributed by atoms with E-state index in [9.17, 15) is 4.79 Å². The first-order valence-electron chi connectivity index (χ1n) is 7.35. The topological polar surface area (TPSA) is 64.1 Å². The summed E-state index contributed by atoms with van der Waals surface area (Å²) < 4.78 is 5.70. The number of anilines is 1. The zero-order chi connectivity index (χ0) is 15.9. The van der Waals surface area contributed by atoms with Gasteiger partial charge in [-0.3, -0.25) is 4.79 Å². The summed E-state index contributed by atoms with van der Waals surface area (Å²) in [6.45, 7) is 6.97. The molecular formula is C16H21N3O2S. The van der Waals surface area contributed by atoms with Crippen molar-refractivity contribution >= 4 is 22.4 Å². The van der Waals surface area contributed by atoms with Gasteiger partial charge in [0.05, 0.1) is 6.61 Å². The van der Waals surface area contributed by atoms with Gasteiger partial charge in [-0.05, 0) is 42.5 Å². The standard InChI is InChI=1S/C16H21N3O2S/c1-11(2)14-7-6-13(9-12(14)3)21-8-4-5-15(20)18-16-19-17-10-22-16/h6-7,9-11H,4-5,8H2,1-3H3,(H,18,19,20). The minimum atomic E-state index is -0.0633. The Hall–Kier alpha value is -1.95. The summed E-state index contributed by atoms with van der Waals surface area (Å²) in [7, 11) is 0. The van der Waals surface area contributed by atoms with Gasteiger partial charge in [0.25, 0.3) is 0 Å². The Bertz CT molecular complexity index is 612. The van der Waals surface area contributed by atoms with Crippen LogP contribution in [0.5, 0.6) is 5.75 Å². The second kappa shape index (κ2) is 7.89. The molecule has 0 radical (unpaired) electrons. The Morgan fingerprint density at radius 1 is 1.41 bits per heavy atom. The van der Waals surface area contributed by atoms with Crippen molar-refractivity contribution in [2.45, 2.75) is 39.5 Å². The van der Waals surface area contributed by atoms with E-state index in [0.29, 0.717) is 30.5 Å². The number of ether oxygens (including phenoxy) is 1. The van der Waals surface area contributed by atoms with Crippen molar-refractivity contribution in [1.29, 1.82) is 0 Å². The highest BCUT2D eigenvalue weighted by Crippen LogP contribution is 2.23. The van der Waals surface area contributed by atoms with Crippen molar-refractivity contribution < 1.29 is 9.53 Å². The molecule has 1 aromatic carbocycles. The monoisotopic (exact) mass is 319 g/mol. The number of aryl methyl sites for hydroxylation is 1. The third kappa shape index (κ3) is 4.80. The van der Waals surface area contributed by atoms with Crippen LogP contribution in [0.1, 0.15) is 43.7 Å². The number of carbonyl (C=O) groups excluding carboxylic acids is 1. The molecule has 0 aliphatic heterocycles. The van der Waals surface area contributed by atoms with Crippen LogP contribution >= 0.6 is 11.3 Å². The van der Waals surface area contributed by atoms with E-state index in [1.165, 1.54) is 22.5 Å². The fourth-order valence-corrected chi connectivity index (χ4v) is 2.68. The summed E-state index contributed by atoms with van der Waals surface area (Å²) in [5, 5.41) is 10.7. The normalized spacial score (nSPS) is 10.7. The molecule has 0 bridgehead atoms. The number of rotatable bonds is 7. The zero-order valence-corrected chi connectivity index (χ0v) is 13.9. The molecule has 0 saturated carbocycles. The summed E-state index contributed by atoms with van der Waals surface area (Å²) in [4.78, 5) is 11.7. The maximum atomic E-state index is 11.7. The maximum Gasteiger partial charge on any atom is 0.226 e. The predicted molar refractivity (Wildman–Crippen MR) is 88.5 cm³/mol. The van der Waals surface area contributed by atoms with Crippen molar-refractivity contribution in [2.75, 3.05) is 11.9 Å². The van der Waals surface area contributed by atoms with Crippen LogP contribution in [0.15, 0.2) is 23.7 Å². The van der Waals surface area contributed by atoms with Crippen molar-refractivity contribution in [3.63, 3.8) is 0 Å². The lowest BCUT2D eigenvalue weighted by molar-refractivity contribution is -0.116. The van der Waals surface area contributed by atoms with Gasteiger partial charge in [0.2, 0.25) is 11.0 Å². The van der Waals surface area contributed by atoms with E-state index in [1.807, 2.05) is 6.07 Å². The van der Waals surface area contributed by atoms with E-state index in [2.05, 4.69) is 48.4 Å². The average Bonchev–Trinajstić information content (AvgIpc) is 2.96. The van der Waals surface area contributed by atoms with Gasteiger partial charge in [0.15, 0.2) is 0 Å². The smallest absolute Gasteiger partial charge is 0.226 e. The Labute approximate surface area is 134 Å². The minimum Gasteiger partial charge on any atom is -0.494 e. The number of nitrogens with one attached hydrogen (secondary N) is 1. The molecule has 1 N–H and O–H groups in total. The Balaban J connectivity index is 1.72. The molecule has 0 saturated heterocycles. The number of amides is 1. The third-order valence-electron chi connectivity index (χ3n) is 3.29. The molecule has 0 aliphatic rings. The van der Waals surface area contributed by atoms with E-state index >= 15 is 0 Å². The summed E-state index contributed by atoms with van der Waals surface area (Å²) >= 11 is 1.31. The summed E-state index contributed by atoms with van der Waals surface area (Å²) in [5.74, 6) is 1.30. The number of nitrogens with zero attached hydrogens (tertiary/aromatic N) is 2. The largest absolute Gasteiger partial charge is 0.494 e. The molecule has 1 heterocycles. The second-order valence-corrected chi connectivity index (χ2v) is 6.25. The molecule has 0 spiro atoms. The molecule has 6 heteroatoms. The molecule has 0 aliphatic carbocycles. The van der Waals surface area contributed by atoms with Crippen molar-refractivity contribution in [3.8, 4) is 5.75 Å². The predicted octanol–water partition coefficient (Wildman–Crippen LogP) is 3.77. The minimum absolute atomic E-state index is 0.0633. The first kappa shape index (κ1) is 16.4. The quantitative estimate of drug-likeness (QED) is 0.789. The van der Waals surface area contributed by atoms with Crippen LogP contribution in [0.3, 0.4) is 0 Å². The highest BCUT2D eigenvalue weighted by molar-refractivity contribution is 7.13. The van der Waals surface area contributed by atoms with E-state index in [1.54, 1.807) is 5.51 Å². The Morgan fingerprint density at radius 3 is 2.86 bits per heavy atom. The molecule has 5 nitrogen and oxygen atoms in total. The Kier molecular flexibility index (Phi) is 5.89. The number of aromatic nitrogens is 2. The van der Waals surface area contributed by atoms with E-state index in [-0.39, 0.29) is 5.91 Å². The van der Waals surface area contributed by atoms with Gasteiger partial charge in [0.1, 0.15) is 11.3 Å². The summed E-state index contributed by atoms with van der Waals surface area (Å²) in [6, 6.07) is 6.15. The van der Waals surface area contributed by atoms with Crippen molar-refractivity contribution in [3.05, 3.63) is 34.8 Å². The van der Waals surface area contributed by atoms with E-state index < -0.39 is 0 Å². The average molecular weight is 319 g/mol. The number of hydrogen-bond acceptors (Lipinski definition) is 5. The molecule has 0 unspecified atom stereocenters. The third-order valence-corrected chi connectivity index (χ3v) is 3.89. The van der Waals surface area contributed by atoms with Crippen LogP contribution in [-0.4, -0.2) is 22.7 Å². The number of hydrogen-bond donors (Lipinski definition) is 1. The molecule has 22 heavy (non-hydrogen) atoms. The fourth-order valence-electron chi connectivity index (χ4n) is 2.22. The lowest BCUT2D eigenvalue weighted by atomic mass is 9.98. The highest BCUT2D eigenvalue weighted by atomic mass is 32.1. The first-order chi connectivity index (χ1) is 10.6. The summed E-state index contributed by atoms with van der Waals surface area (Å²) in [5.41, 5.74) is 4.16. The van der Waals surface area contributed by atoms with Gasteiger partial charge < -0.3 is 10.1 Å². The van der Waals surface area contributed by atoms with Gasteiger partial charge in [-0.25, -0.2) is 0 Å². The van der Waals surface area contributed by atoms with Crippen LogP contribution in [0.25, 0.3) is 0 Å². The molecule has 1 amide bonds. The lowest BCUT2D eigenvalue weighted by Gasteiger charge is -2.12. The van der Waals surface area contributed by atoms with Gasteiger partial charge in [-0.1, -0.05) is 31.3 Å². The van der Waals surface area contributed by atoms with Crippen molar-refractivity contribution in [1.82, 2.24) is 10.2 Å². The van der Waals surface area contributed by atoms with E-state index in [0.717, 1.165) is 5.75 Å². The van der Waals surface area contributed by atoms with E-state index in [4.69, 9.17) is 4.74 Å². The lowest BCUT2D eigenvalue weighted by Crippen LogP contribution is -2.12. The SMILES string of the molecule is Cc1cc(OCCCC(=O)Nc2nncs2)ccc1C(C)C. The fraction of sp³-hybridized carbons (Fsp3) is 0.438. The van der Waals surface area contributed by atoms with Crippen molar-refractivity contribution in [2.24, 2.45) is 0 Å². The molecular weight excluding hydrogens is 298 g/mol. The Morgan fingerprint density at radius 2 is 2.23 bits per heavy atom. The maximum absolute atomic E-state index is 11.7. The molecule has 1 aromatic heterocycles. The van der Waals surface area contributed by atoms with Crippen LogP contribution in [0.4, 0.5) is 5.13 Å². The first-order valence-corrected chi connectivity index (χ1v) is 8.23. The summed E-state index contributed by atoms with van der Waals surface area (Å²) in [6.07, 6.45) is 1.07. The number of benzene rings is 1. The zero-order valence-electron chi connectivity index (χ0n) is 13.1. The van der Waals surface area contributed by atoms with Gasteiger partial charge in [0, 0.05) is 6.42 Å². The molecule has 0 fully saturated rings.